The Morgan fingerprint density at radius 1 is 1.08 bits per heavy atom. The molecule has 140 valence electrons. The second-order valence-corrected chi connectivity index (χ2v) is 6.90. The molecule has 2 aliphatic heterocycles. The SMILES string of the molecule is C#CCN1C(=O)C=CC1=O.C#CCN1C(=O)CC(SCC)C1=O.CCS. The van der Waals surface area contributed by atoms with Gasteiger partial charge in [-0.15, -0.1) is 24.6 Å². The van der Waals surface area contributed by atoms with Crippen molar-refractivity contribution in [3.63, 3.8) is 0 Å². The Balaban J connectivity index is 0.000000428. The number of hydrogen-bond donors (Lipinski definition) is 1. The molecule has 1 fully saturated rings. The van der Waals surface area contributed by atoms with Gasteiger partial charge in [-0.1, -0.05) is 25.7 Å². The van der Waals surface area contributed by atoms with Crippen LogP contribution in [0.15, 0.2) is 12.2 Å². The van der Waals surface area contributed by atoms with Gasteiger partial charge in [0.2, 0.25) is 11.8 Å². The number of carbonyl (C=O) groups excluding carboxylic acids is 4. The van der Waals surface area contributed by atoms with E-state index < -0.39 is 0 Å². The van der Waals surface area contributed by atoms with Gasteiger partial charge < -0.3 is 0 Å². The highest BCUT2D eigenvalue weighted by Crippen LogP contribution is 2.24. The van der Waals surface area contributed by atoms with Gasteiger partial charge >= 0.3 is 0 Å². The van der Waals surface area contributed by atoms with Crippen molar-refractivity contribution in [2.45, 2.75) is 25.5 Å². The number of thioether (sulfide) groups is 1. The van der Waals surface area contributed by atoms with Gasteiger partial charge in [-0.05, 0) is 11.5 Å². The van der Waals surface area contributed by atoms with Crippen molar-refractivity contribution in [3.8, 4) is 24.7 Å². The van der Waals surface area contributed by atoms with E-state index >= 15 is 0 Å². The van der Waals surface area contributed by atoms with Gasteiger partial charge in [-0.25, -0.2) is 0 Å². The molecule has 0 N–H and O–H groups in total. The maximum atomic E-state index is 11.5. The lowest BCUT2D eigenvalue weighted by atomic mass is 10.4. The summed E-state index contributed by atoms with van der Waals surface area (Å²) in [5, 5.41) is -0.203. The molecule has 2 rings (SSSR count). The predicted molar refractivity (Wildman–Crippen MR) is 106 cm³/mol. The van der Waals surface area contributed by atoms with Crippen LogP contribution in [0.4, 0.5) is 0 Å². The van der Waals surface area contributed by atoms with Crippen LogP contribution in [-0.4, -0.2) is 63.3 Å². The molecule has 1 atom stereocenters. The Morgan fingerprint density at radius 3 is 1.96 bits per heavy atom. The molecule has 26 heavy (non-hydrogen) atoms. The minimum atomic E-state index is -0.331. The van der Waals surface area contributed by atoms with Crippen molar-refractivity contribution in [1.82, 2.24) is 9.80 Å². The van der Waals surface area contributed by atoms with Crippen molar-refractivity contribution >= 4 is 48.0 Å². The van der Waals surface area contributed by atoms with Crippen LogP contribution in [0.2, 0.25) is 0 Å². The van der Waals surface area contributed by atoms with Gasteiger partial charge in [0, 0.05) is 18.6 Å². The minimum Gasteiger partial charge on any atom is -0.274 e. The summed E-state index contributed by atoms with van der Waals surface area (Å²) in [7, 11) is 0. The Morgan fingerprint density at radius 2 is 1.54 bits per heavy atom. The lowest BCUT2D eigenvalue weighted by molar-refractivity contribution is -0.138. The molecular formula is C18H22N2O4S2. The summed E-state index contributed by atoms with van der Waals surface area (Å²) in [6, 6.07) is 0. The van der Waals surface area contributed by atoms with Crippen LogP contribution in [-0.2, 0) is 19.2 Å². The first kappa shape index (κ1) is 23.8. The zero-order chi connectivity index (χ0) is 20.1. The molecule has 0 aromatic carbocycles. The smallest absolute Gasteiger partial charge is 0.254 e. The van der Waals surface area contributed by atoms with Gasteiger partial charge in [0.15, 0.2) is 0 Å². The Hall–Kier alpha value is -2.16. The lowest BCUT2D eigenvalue weighted by Crippen LogP contribution is -2.31. The van der Waals surface area contributed by atoms with E-state index in [-0.39, 0.29) is 42.0 Å². The maximum Gasteiger partial charge on any atom is 0.254 e. The van der Waals surface area contributed by atoms with Crippen LogP contribution in [0.1, 0.15) is 20.3 Å². The van der Waals surface area contributed by atoms with Crippen molar-refractivity contribution in [3.05, 3.63) is 12.2 Å². The highest BCUT2D eigenvalue weighted by Gasteiger charge is 2.37. The Bertz CT molecular complexity index is 629. The van der Waals surface area contributed by atoms with E-state index in [1.807, 2.05) is 13.8 Å². The fraction of sp³-hybridized carbons (Fsp3) is 0.444. The summed E-state index contributed by atoms with van der Waals surface area (Å²) in [6.07, 6.45) is 12.7. The molecule has 0 saturated carbocycles. The largest absolute Gasteiger partial charge is 0.274 e. The zero-order valence-corrected chi connectivity index (χ0v) is 16.5. The summed E-state index contributed by atoms with van der Waals surface area (Å²) >= 11 is 5.29. The molecule has 0 bridgehead atoms. The Labute approximate surface area is 164 Å². The summed E-state index contributed by atoms with van der Waals surface area (Å²) in [4.78, 5) is 46.3. The number of hydrogen-bond acceptors (Lipinski definition) is 6. The average Bonchev–Trinajstić information content (AvgIpc) is 3.05. The molecule has 2 heterocycles. The fourth-order valence-electron chi connectivity index (χ4n) is 1.92. The maximum absolute atomic E-state index is 11.5. The van der Waals surface area contributed by atoms with Crippen LogP contribution < -0.4 is 0 Å². The first-order valence-corrected chi connectivity index (χ1v) is 9.53. The van der Waals surface area contributed by atoms with Gasteiger partial charge in [0.05, 0.1) is 18.3 Å². The molecule has 0 spiro atoms. The second-order valence-electron chi connectivity index (χ2n) is 4.79. The second kappa shape index (κ2) is 13.1. The van der Waals surface area contributed by atoms with E-state index in [1.165, 1.54) is 23.9 Å². The topological polar surface area (TPSA) is 74.8 Å². The van der Waals surface area contributed by atoms with Gasteiger partial charge in [-0.2, -0.15) is 12.6 Å². The van der Waals surface area contributed by atoms with Crippen LogP contribution in [0.3, 0.4) is 0 Å². The third kappa shape index (κ3) is 7.38. The molecule has 8 heteroatoms. The zero-order valence-electron chi connectivity index (χ0n) is 14.8. The minimum absolute atomic E-state index is 0.0602. The first-order valence-electron chi connectivity index (χ1n) is 7.84. The summed E-state index contributed by atoms with van der Waals surface area (Å²) in [6.45, 7) is 4.12. The number of nitrogens with zero attached hydrogens (tertiary/aromatic N) is 2. The number of terminal acetylenes is 2. The first-order chi connectivity index (χ1) is 12.4. The van der Waals surface area contributed by atoms with Crippen LogP contribution >= 0.6 is 24.4 Å². The monoisotopic (exact) mass is 394 g/mol. The van der Waals surface area contributed by atoms with Crippen molar-refractivity contribution in [2.75, 3.05) is 24.6 Å². The average molecular weight is 395 g/mol. The normalized spacial score (nSPS) is 18.0. The number of thiol groups is 1. The number of amides is 4. The third-order valence-electron chi connectivity index (χ3n) is 2.97. The number of rotatable bonds is 4. The van der Waals surface area contributed by atoms with E-state index in [0.29, 0.717) is 6.42 Å². The molecule has 4 amide bonds. The molecule has 0 aliphatic carbocycles. The molecule has 0 aromatic rings. The van der Waals surface area contributed by atoms with Crippen molar-refractivity contribution in [2.24, 2.45) is 0 Å². The molecule has 6 nitrogen and oxygen atoms in total. The summed E-state index contributed by atoms with van der Waals surface area (Å²) in [5.74, 6) is 5.37. The summed E-state index contributed by atoms with van der Waals surface area (Å²) < 4.78 is 0. The number of likely N-dealkylation sites (tertiary alicyclic amines) is 1. The van der Waals surface area contributed by atoms with E-state index in [2.05, 4.69) is 24.5 Å². The highest BCUT2D eigenvalue weighted by atomic mass is 32.2. The number of carbonyl (C=O) groups is 4. The van der Waals surface area contributed by atoms with Gasteiger partial charge in [0.1, 0.15) is 0 Å². The predicted octanol–water partition coefficient (Wildman–Crippen LogP) is 0.981. The molecule has 0 radical (unpaired) electrons. The highest BCUT2D eigenvalue weighted by molar-refractivity contribution is 8.00. The standard InChI is InChI=1S/C9H11NO2S.C7H5NO2.C2H6S/c1-3-5-10-8(11)6-7(9(10)12)13-4-2;1-2-5-8-6(9)3-4-7(8)10;1-2-3/h1,7H,4-6H2,2H3;1,3-4H,5H2;3H,2H2,1H3. The fourth-order valence-corrected chi connectivity index (χ4v) is 2.85. The third-order valence-corrected chi connectivity index (χ3v) is 4.07. The lowest BCUT2D eigenvalue weighted by Gasteiger charge is -2.10. The molecule has 2 aliphatic rings. The quantitative estimate of drug-likeness (QED) is 0.437. The molecule has 1 unspecified atom stereocenters. The van der Waals surface area contributed by atoms with Crippen molar-refractivity contribution in [1.29, 1.82) is 0 Å². The van der Waals surface area contributed by atoms with Crippen molar-refractivity contribution < 1.29 is 19.2 Å². The molecular weight excluding hydrogens is 372 g/mol. The van der Waals surface area contributed by atoms with Crippen LogP contribution in [0, 0.1) is 24.7 Å². The van der Waals surface area contributed by atoms with Gasteiger partial charge in [-0.3, -0.25) is 29.0 Å². The molecule has 0 aromatic heterocycles. The van der Waals surface area contributed by atoms with E-state index in [4.69, 9.17) is 12.8 Å². The molecule has 1 saturated heterocycles. The van der Waals surface area contributed by atoms with E-state index in [0.717, 1.165) is 21.3 Å². The van der Waals surface area contributed by atoms with Crippen LogP contribution in [0.5, 0.6) is 0 Å². The van der Waals surface area contributed by atoms with E-state index in [9.17, 15) is 19.2 Å². The number of imide groups is 2. The summed E-state index contributed by atoms with van der Waals surface area (Å²) in [5.41, 5.74) is 0. The van der Waals surface area contributed by atoms with Gasteiger partial charge in [0.25, 0.3) is 11.8 Å². The van der Waals surface area contributed by atoms with Crippen LogP contribution in [0.25, 0.3) is 0 Å². The Kier molecular flexibility index (Phi) is 12.0. The van der Waals surface area contributed by atoms with E-state index in [1.54, 1.807) is 0 Å².